The second-order valence-electron chi connectivity index (χ2n) is 11.4. The molecule has 3 aliphatic rings. The first-order chi connectivity index (χ1) is 22.6. The minimum absolute atomic E-state index is 0.0414. The lowest BCUT2D eigenvalue weighted by Crippen LogP contribution is -2.10. The van der Waals surface area contributed by atoms with Gasteiger partial charge in [0.1, 0.15) is 11.5 Å². The Morgan fingerprint density at radius 2 is 1.13 bits per heavy atom. The summed E-state index contributed by atoms with van der Waals surface area (Å²) < 4.78 is 20.2. The van der Waals surface area contributed by atoms with Crippen molar-refractivity contribution in [3.8, 4) is 11.5 Å². The Kier molecular flexibility index (Phi) is 7.32. The first-order valence-electron chi connectivity index (χ1n) is 14.8. The van der Waals surface area contributed by atoms with Gasteiger partial charge < -0.3 is 18.9 Å². The molecule has 0 spiro atoms. The summed E-state index contributed by atoms with van der Waals surface area (Å²) in [4.78, 5) is 72.4. The fraction of sp³-hybridized carbons (Fsp3) is 0.135. The van der Waals surface area contributed by atoms with Gasteiger partial charge in [0.25, 0.3) is 0 Å². The molecule has 1 aliphatic carbocycles. The van der Waals surface area contributed by atoms with Crippen LogP contribution in [0.1, 0.15) is 104 Å². The second kappa shape index (κ2) is 11.6. The molecule has 1 unspecified atom stereocenters. The van der Waals surface area contributed by atoms with E-state index in [1.165, 1.54) is 42.0 Å². The third kappa shape index (κ3) is 5.61. The van der Waals surface area contributed by atoms with Gasteiger partial charge in [0.05, 0.1) is 33.4 Å². The summed E-state index contributed by atoms with van der Waals surface area (Å²) in [5, 5.41) is 0. The number of hydrogen-bond donors (Lipinski definition) is 0. The molecule has 0 saturated heterocycles. The number of rotatable bonds is 6. The minimum atomic E-state index is -0.787. The van der Waals surface area contributed by atoms with Crippen molar-refractivity contribution in [3.05, 3.63) is 135 Å². The maximum Gasteiger partial charge on any atom is 0.346 e. The Morgan fingerprint density at radius 3 is 1.66 bits per heavy atom. The highest BCUT2D eigenvalue weighted by Gasteiger charge is 2.32. The van der Waals surface area contributed by atoms with E-state index in [2.05, 4.69) is 15.5 Å². The molecule has 0 amide bonds. The number of esters is 6. The lowest BCUT2D eigenvalue weighted by molar-refractivity contribution is 0.0425. The van der Waals surface area contributed by atoms with E-state index in [4.69, 9.17) is 9.47 Å². The maximum absolute atomic E-state index is 12.7. The topological polar surface area (TPSA) is 139 Å². The molecule has 0 saturated carbocycles. The predicted molar refractivity (Wildman–Crippen MR) is 164 cm³/mol. The summed E-state index contributed by atoms with van der Waals surface area (Å²) in [7, 11) is 0. The van der Waals surface area contributed by atoms with Gasteiger partial charge in [-0.2, -0.15) is 0 Å². The Morgan fingerprint density at radius 1 is 0.617 bits per heavy atom. The SMILES string of the molecule is Cc1cc(OC(=O)c2ccc3c(c2)C(=O)OC3=O)ccc1C1=CCC(c2ccc(OC(=O)c3ccc4c(c3)C(=O)OC4=O)cc2)CC1. The van der Waals surface area contributed by atoms with E-state index in [0.717, 1.165) is 36.0 Å². The van der Waals surface area contributed by atoms with Crippen LogP contribution in [0, 0.1) is 6.92 Å². The highest BCUT2D eigenvalue weighted by atomic mass is 16.6. The fourth-order valence-electron chi connectivity index (χ4n) is 6.01. The van der Waals surface area contributed by atoms with Crippen LogP contribution in [0.25, 0.3) is 5.57 Å². The van der Waals surface area contributed by atoms with Crippen molar-refractivity contribution in [2.24, 2.45) is 0 Å². The molecule has 1 atom stereocenters. The Hall–Kier alpha value is -6.16. The third-order valence-electron chi connectivity index (χ3n) is 8.49. The zero-order valence-electron chi connectivity index (χ0n) is 24.9. The average Bonchev–Trinajstić information content (AvgIpc) is 3.53. The van der Waals surface area contributed by atoms with Crippen LogP contribution in [-0.4, -0.2) is 35.8 Å². The first kappa shape index (κ1) is 29.5. The van der Waals surface area contributed by atoms with Gasteiger partial charge in [-0.1, -0.05) is 24.3 Å². The summed E-state index contributed by atoms with van der Waals surface area (Å²) in [5.74, 6) is -3.35. The van der Waals surface area contributed by atoms with Gasteiger partial charge in [0.15, 0.2) is 0 Å². The normalized spacial score (nSPS) is 16.5. The second-order valence-corrected chi connectivity index (χ2v) is 11.4. The van der Waals surface area contributed by atoms with Gasteiger partial charge in [0, 0.05) is 0 Å². The van der Waals surface area contributed by atoms with Crippen LogP contribution in [0.2, 0.25) is 0 Å². The molecule has 10 heteroatoms. The van der Waals surface area contributed by atoms with E-state index < -0.39 is 35.8 Å². The maximum atomic E-state index is 12.7. The number of allylic oxidation sites excluding steroid dienone is 2. The van der Waals surface area contributed by atoms with Crippen LogP contribution in [-0.2, 0) is 9.47 Å². The van der Waals surface area contributed by atoms with Crippen LogP contribution in [0.3, 0.4) is 0 Å². The molecule has 0 bridgehead atoms. The van der Waals surface area contributed by atoms with Crippen LogP contribution in [0.4, 0.5) is 0 Å². The van der Waals surface area contributed by atoms with Gasteiger partial charge in [-0.05, 0) is 115 Å². The molecule has 0 aromatic heterocycles. The molecule has 7 rings (SSSR count). The molecule has 4 aromatic rings. The van der Waals surface area contributed by atoms with Crippen molar-refractivity contribution in [1.82, 2.24) is 0 Å². The number of cyclic esters (lactones) is 4. The smallest absolute Gasteiger partial charge is 0.346 e. The number of carbonyl (C=O) groups is 6. The van der Waals surface area contributed by atoms with Crippen molar-refractivity contribution >= 4 is 41.4 Å². The molecule has 0 fully saturated rings. The molecular weight excluding hydrogens is 604 g/mol. The molecular formula is C37H24O10. The summed E-state index contributed by atoms with van der Waals surface area (Å²) in [6.07, 6.45) is 4.78. The lowest BCUT2D eigenvalue weighted by atomic mass is 9.82. The molecule has 232 valence electrons. The van der Waals surface area contributed by atoms with Gasteiger partial charge in [-0.3, -0.25) is 0 Å². The Bertz CT molecular complexity index is 2090. The average molecular weight is 629 g/mol. The van der Waals surface area contributed by atoms with E-state index in [9.17, 15) is 28.8 Å². The molecule has 47 heavy (non-hydrogen) atoms. The number of hydrogen-bond acceptors (Lipinski definition) is 10. The highest BCUT2D eigenvalue weighted by Crippen LogP contribution is 2.38. The zero-order valence-corrected chi connectivity index (χ0v) is 24.9. The standard InChI is InChI=1S/C37H24O10/c1-19-16-26(45-33(39)24-9-14-29-31(18-24)37(43)47-35(29)41)12-15-27(19)22-4-2-20(3-5-22)21-6-10-25(11-7-21)44-32(38)23-8-13-28-30(17-23)36(42)46-34(28)40/h4,6-18,20H,2-3,5H2,1H3. The van der Waals surface area contributed by atoms with Crippen LogP contribution in [0.15, 0.2) is 84.9 Å². The minimum Gasteiger partial charge on any atom is -0.423 e. The third-order valence-corrected chi connectivity index (χ3v) is 8.49. The fourth-order valence-corrected chi connectivity index (χ4v) is 6.01. The van der Waals surface area contributed by atoms with E-state index >= 15 is 0 Å². The lowest BCUT2D eigenvalue weighted by Gasteiger charge is -2.23. The summed E-state index contributed by atoms with van der Waals surface area (Å²) in [6.45, 7) is 1.95. The summed E-state index contributed by atoms with van der Waals surface area (Å²) in [5.41, 5.74) is 4.92. The predicted octanol–water partition coefficient (Wildman–Crippen LogP) is 6.41. The zero-order chi connectivity index (χ0) is 32.8. The molecule has 0 N–H and O–H groups in total. The van der Waals surface area contributed by atoms with Crippen molar-refractivity contribution in [2.75, 3.05) is 0 Å². The van der Waals surface area contributed by atoms with Crippen LogP contribution in [0.5, 0.6) is 11.5 Å². The number of aryl methyl sites for hydroxylation is 1. The van der Waals surface area contributed by atoms with Gasteiger partial charge in [-0.15, -0.1) is 0 Å². The first-order valence-corrected chi connectivity index (χ1v) is 14.8. The number of benzene rings is 4. The molecule has 0 radical (unpaired) electrons. The molecule has 10 nitrogen and oxygen atoms in total. The summed E-state index contributed by atoms with van der Waals surface area (Å²) >= 11 is 0. The number of fused-ring (bicyclic) bond motifs is 2. The van der Waals surface area contributed by atoms with Crippen molar-refractivity contribution in [1.29, 1.82) is 0 Å². The molecule has 2 aliphatic heterocycles. The van der Waals surface area contributed by atoms with Crippen LogP contribution < -0.4 is 9.47 Å². The van der Waals surface area contributed by atoms with Crippen molar-refractivity contribution in [2.45, 2.75) is 32.1 Å². The quantitative estimate of drug-likeness (QED) is 0.134. The van der Waals surface area contributed by atoms with Crippen molar-refractivity contribution in [3.63, 3.8) is 0 Å². The Balaban J connectivity index is 0.967. The van der Waals surface area contributed by atoms with E-state index in [1.807, 2.05) is 25.1 Å². The van der Waals surface area contributed by atoms with Gasteiger partial charge in [0.2, 0.25) is 0 Å². The van der Waals surface area contributed by atoms with E-state index in [0.29, 0.717) is 11.5 Å². The van der Waals surface area contributed by atoms with Gasteiger partial charge >= 0.3 is 35.8 Å². The highest BCUT2D eigenvalue weighted by molar-refractivity contribution is 6.16. The molecule has 2 heterocycles. The van der Waals surface area contributed by atoms with E-state index in [1.54, 1.807) is 24.3 Å². The van der Waals surface area contributed by atoms with Crippen LogP contribution >= 0.6 is 0 Å². The number of carbonyl (C=O) groups excluding carboxylic acids is 6. The number of ether oxygens (including phenoxy) is 4. The largest absolute Gasteiger partial charge is 0.423 e. The monoisotopic (exact) mass is 628 g/mol. The summed E-state index contributed by atoms with van der Waals surface area (Å²) in [6, 6.07) is 21.0. The van der Waals surface area contributed by atoms with E-state index in [-0.39, 0.29) is 39.3 Å². The van der Waals surface area contributed by atoms with Gasteiger partial charge in [-0.25, -0.2) is 28.8 Å². The molecule has 4 aromatic carbocycles. The Labute approximate surface area is 267 Å². The van der Waals surface area contributed by atoms with Crippen molar-refractivity contribution < 1.29 is 47.7 Å².